The summed E-state index contributed by atoms with van der Waals surface area (Å²) in [6, 6.07) is -0.727. The average molecular weight is 281 g/mol. The van der Waals surface area contributed by atoms with Crippen LogP contribution in [0.1, 0.15) is 58.8 Å². The van der Waals surface area contributed by atoms with Crippen LogP contribution in [-0.2, 0) is 9.59 Å². The zero-order chi connectivity index (χ0) is 14.7. The molecule has 4 nitrogen and oxygen atoms in total. The van der Waals surface area contributed by atoms with E-state index in [9.17, 15) is 14.7 Å². The van der Waals surface area contributed by atoms with Crippen molar-refractivity contribution in [1.82, 2.24) is 5.32 Å². The van der Waals surface area contributed by atoms with Crippen molar-refractivity contribution in [2.75, 3.05) is 0 Å². The lowest BCUT2D eigenvalue weighted by Crippen LogP contribution is -2.42. The van der Waals surface area contributed by atoms with Crippen molar-refractivity contribution in [3.8, 4) is 0 Å². The summed E-state index contributed by atoms with van der Waals surface area (Å²) >= 11 is 0. The van der Waals surface area contributed by atoms with Gasteiger partial charge in [0.25, 0.3) is 0 Å². The molecule has 4 heteroatoms. The fourth-order valence-corrected chi connectivity index (χ4v) is 3.57. The SMILES string of the molecule is CC(C)C[C@H](NC(=O)C1CC1C1CCCCC1)C(=O)O. The Balaban J connectivity index is 1.81. The first-order chi connectivity index (χ1) is 9.49. The highest BCUT2D eigenvalue weighted by Gasteiger charge is 2.47. The van der Waals surface area contributed by atoms with E-state index in [-0.39, 0.29) is 17.7 Å². The minimum absolute atomic E-state index is 0.0337. The molecule has 0 aromatic carbocycles. The molecule has 0 radical (unpaired) electrons. The molecular formula is C16H27NO3. The average Bonchev–Trinajstić information content (AvgIpc) is 3.18. The number of amides is 1. The van der Waals surface area contributed by atoms with Crippen molar-refractivity contribution in [3.63, 3.8) is 0 Å². The van der Waals surface area contributed by atoms with E-state index in [1.165, 1.54) is 32.1 Å². The third kappa shape index (κ3) is 3.97. The molecule has 0 aliphatic heterocycles. The summed E-state index contributed by atoms with van der Waals surface area (Å²) in [5.74, 6) is 0.615. The Hall–Kier alpha value is -1.06. The summed E-state index contributed by atoms with van der Waals surface area (Å²) in [7, 11) is 0. The highest BCUT2D eigenvalue weighted by atomic mass is 16.4. The summed E-state index contributed by atoms with van der Waals surface area (Å²) < 4.78 is 0. The zero-order valence-electron chi connectivity index (χ0n) is 12.6. The van der Waals surface area contributed by atoms with Crippen LogP contribution >= 0.6 is 0 Å². The lowest BCUT2D eigenvalue weighted by Gasteiger charge is -2.22. The summed E-state index contributed by atoms with van der Waals surface area (Å²) in [5.41, 5.74) is 0. The topological polar surface area (TPSA) is 66.4 Å². The zero-order valence-corrected chi connectivity index (χ0v) is 12.6. The molecule has 0 spiro atoms. The second kappa shape index (κ2) is 6.59. The van der Waals surface area contributed by atoms with Gasteiger partial charge in [-0.25, -0.2) is 4.79 Å². The van der Waals surface area contributed by atoms with Crippen molar-refractivity contribution in [2.45, 2.75) is 64.8 Å². The lowest BCUT2D eigenvalue weighted by molar-refractivity contribution is -0.142. The molecule has 114 valence electrons. The van der Waals surface area contributed by atoms with Crippen LogP contribution in [0.25, 0.3) is 0 Å². The van der Waals surface area contributed by atoms with Gasteiger partial charge in [0.05, 0.1) is 0 Å². The molecule has 2 aliphatic rings. The van der Waals surface area contributed by atoms with Crippen LogP contribution in [0, 0.1) is 23.7 Å². The lowest BCUT2D eigenvalue weighted by atomic mass is 9.85. The van der Waals surface area contributed by atoms with Crippen LogP contribution in [-0.4, -0.2) is 23.0 Å². The van der Waals surface area contributed by atoms with Crippen molar-refractivity contribution in [1.29, 1.82) is 0 Å². The number of hydrogen-bond donors (Lipinski definition) is 2. The number of carbonyl (C=O) groups is 2. The summed E-state index contributed by atoms with van der Waals surface area (Å²) in [4.78, 5) is 23.4. The molecule has 2 unspecified atom stereocenters. The van der Waals surface area contributed by atoms with Crippen LogP contribution in [0.15, 0.2) is 0 Å². The molecule has 2 N–H and O–H groups in total. The first-order valence-electron chi connectivity index (χ1n) is 8.02. The highest BCUT2D eigenvalue weighted by Crippen LogP contribution is 2.49. The van der Waals surface area contributed by atoms with Gasteiger partial charge in [-0.05, 0) is 30.6 Å². The number of carbonyl (C=O) groups excluding carboxylic acids is 1. The smallest absolute Gasteiger partial charge is 0.326 e. The van der Waals surface area contributed by atoms with Crippen LogP contribution in [0.2, 0.25) is 0 Å². The van der Waals surface area contributed by atoms with E-state index in [1.807, 2.05) is 13.8 Å². The summed E-state index contributed by atoms with van der Waals surface area (Å²) in [6.07, 6.45) is 7.88. The summed E-state index contributed by atoms with van der Waals surface area (Å²) in [5, 5.41) is 11.9. The number of carboxylic acids is 1. The molecule has 2 fully saturated rings. The van der Waals surface area contributed by atoms with Crippen LogP contribution in [0.3, 0.4) is 0 Å². The second-order valence-corrected chi connectivity index (χ2v) is 6.93. The van der Waals surface area contributed by atoms with Crippen LogP contribution in [0.5, 0.6) is 0 Å². The molecule has 2 saturated carbocycles. The molecule has 1 amide bonds. The van der Waals surface area contributed by atoms with Gasteiger partial charge >= 0.3 is 5.97 Å². The van der Waals surface area contributed by atoms with Crippen LogP contribution < -0.4 is 5.32 Å². The third-order valence-corrected chi connectivity index (χ3v) is 4.75. The largest absolute Gasteiger partial charge is 0.480 e. The molecule has 2 rings (SSSR count). The monoisotopic (exact) mass is 281 g/mol. The van der Waals surface area contributed by atoms with Gasteiger partial charge in [-0.3, -0.25) is 4.79 Å². The third-order valence-electron chi connectivity index (χ3n) is 4.75. The van der Waals surface area contributed by atoms with E-state index < -0.39 is 12.0 Å². The molecule has 0 saturated heterocycles. The molecular weight excluding hydrogens is 254 g/mol. The standard InChI is InChI=1S/C16H27NO3/c1-10(2)8-14(16(19)20)17-15(18)13-9-12(13)11-6-4-3-5-7-11/h10-14H,3-9H2,1-2H3,(H,17,18)(H,19,20)/t12?,13?,14-/m0/s1. The Labute approximate surface area is 121 Å². The minimum Gasteiger partial charge on any atom is -0.480 e. The Kier molecular flexibility index (Phi) is 5.06. The maximum atomic E-state index is 12.2. The van der Waals surface area contributed by atoms with Gasteiger partial charge in [0, 0.05) is 5.92 Å². The van der Waals surface area contributed by atoms with E-state index in [0.717, 1.165) is 6.42 Å². The van der Waals surface area contributed by atoms with Crippen molar-refractivity contribution in [3.05, 3.63) is 0 Å². The second-order valence-electron chi connectivity index (χ2n) is 6.93. The fraction of sp³-hybridized carbons (Fsp3) is 0.875. The molecule has 0 bridgehead atoms. The number of hydrogen-bond acceptors (Lipinski definition) is 2. The molecule has 0 aromatic rings. The Bertz CT molecular complexity index is 361. The van der Waals surface area contributed by atoms with Gasteiger partial charge in [-0.1, -0.05) is 46.0 Å². The van der Waals surface area contributed by atoms with Crippen molar-refractivity contribution in [2.24, 2.45) is 23.7 Å². The predicted octanol–water partition coefficient (Wildman–Crippen LogP) is 2.82. The number of nitrogens with one attached hydrogen (secondary N) is 1. The first kappa shape index (κ1) is 15.3. The maximum Gasteiger partial charge on any atom is 0.326 e. The van der Waals surface area contributed by atoms with E-state index >= 15 is 0 Å². The maximum absolute atomic E-state index is 12.2. The van der Waals surface area contributed by atoms with E-state index in [4.69, 9.17) is 0 Å². The molecule has 0 heterocycles. The van der Waals surface area contributed by atoms with Gasteiger partial charge in [-0.15, -0.1) is 0 Å². The molecule has 0 aromatic heterocycles. The number of rotatable bonds is 6. The predicted molar refractivity (Wildman–Crippen MR) is 77.2 cm³/mol. The van der Waals surface area contributed by atoms with Gasteiger partial charge in [-0.2, -0.15) is 0 Å². The molecule has 20 heavy (non-hydrogen) atoms. The van der Waals surface area contributed by atoms with Gasteiger partial charge in [0.15, 0.2) is 0 Å². The normalized spacial score (nSPS) is 28.1. The Morgan fingerprint density at radius 1 is 1.20 bits per heavy atom. The Morgan fingerprint density at radius 3 is 2.40 bits per heavy atom. The quantitative estimate of drug-likeness (QED) is 0.786. The Morgan fingerprint density at radius 2 is 1.85 bits per heavy atom. The number of aliphatic carboxylic acids is 1. The first-order valence-corrected chi connectivity index (χ1v) is 8.02. The van der Waals surface area contributed by atoms with Crippen LogP contribution in [0.4, 0.5) is 0 Å². The number of carboxylic acid groups (broad SMARTS) is 1. The van der Waals surface area contributed by atoms with E-state index in [2.05, 4.69) is 5.32 Å². The van der Waals surface area contributed by atoms with E-state index in [1.54, 1.807) is 0 Å². The van der Waals surface area contributed by atoms with Crippen molar-refractivity contribution >= 4 is 11.9 Å². The fourth-order valence-electron chi connectivity index (χ4n) is 3.57. The molecule has 2 aliphatic carbocycles. The minimum atomic E-state index is -0.915. The van der Waals surface area contributed by atoms with Gasteiger partial charge in [0.1, 0.15) is 6.04 Å². The molecule has 3 atom stereocenters. The van der Waals surface area contributed by atoms with Gasteiger partial charge < -0.3 is 10.4 Å². The van der Waals surface area contributed by atoms with Crippen molar-refractivity contribution < 1.29 is 14.7 Å². The highest BCUT2D eigenvalue weighted by molar-refractivity contribution is 5.86. The van der Waals surface area contributed by atoms with Gasteiger partial charge in [0.2, 0.25) is 5.91 Å². The summed E-state index contributed by atoms with van der Waals surface area (Å²) in [6.45, 7) is 3.95. The van der Waals surface area contributed by atoms with E-state index in [0.29, 0.717) is 18.3 Å².